The zero-order chi connectivity index (χ0) is 13.1. The Labute approximate surface area is 102 Å². The fraction of sp³-hybridized carbons (Fsp3) is 0.385. The Morgan fingerprint density at radius 2 is 1.88 bits per heavy atom. The first-order valence-corrected chi connectivity index (χ1v) is 8.86. The Bertz CT molecular complexity index is 453. The van der Waals surface area contributed by atoms with Gasteiger partial charge in [0.1, 0.15) is 13.8 Å². The standard InChI is InChI=1S/C13H16F2OSi/c1-10-5-6-12(16-13(14)15)11(9-10)7-8-17(2,3)4/h5-6,9,13H,1-4H3. The molecule has 0 aliphatic carbocycles. The van der Waals surface area contributed by atoms with E-state index >= 15 is 0 Å². The molecular formula is C13H16F2OSi. The van der Waals surface area contributed by atoms with Crippen LogP contribution >= 0.6 is 0 Å². The first-order valence-electron chi connectivity index (χ1n) is 5.36. The van der Waals surface area contributed by atoms with Gasteiger partial charge in [0.05, 0.1) is 5.56 Å². The number of alkyl halides is 2. The summed E-state index contributed by atoms with van der Waals surface area (Å²) in [5.41, 5.74) is 4.66. The van der Waals surface area contributed by atoms with Gasteiger partial charge >= 0.3 is 6.61 Å². The molecule has 17 heavy (non-hydrogen) atoms. The van der Waals surface area contributed by atoms with Crippen molar-refractivity contribution in [2.45, 2.75) is 33.2 Å². The number of rotatable bonds is 2. The van der Waals surface area contributed by atoms with Crippen molar-refractivity contribution < 1.29 is 13.5 Å². The van der Waals surface area contributed by atoms with Crippen LogP contribution < -0.4 is 4.74 Å². The Morgan fingerprint density at radius 1 is 1.24 bits per heavy atom. The molecule has 0 aliphatic heterocycles. The fourth-order valence-corrected chi connectivity index (χ4v) is 1.70. The van der Waals surface area contributed by atoms with Crippen molar-refractivity contribution >= 4 is 8.07 Å². The van der Waals surface area contributed by atoms with Crippen molar-refractivity contribution in [1.29, 1.82) is 0 Å². The van der Waals surface area contributed by atoms with Crippen LogP contribution in [0.3, 0.4) is 0 Å². The average molecular weight is 254 g/mol. The maximum Gasteiger partial charge on any atom is 0.387 e. The van der Waals surface area contributed by atoms with Crippen molar-refractivity contribution in [3.8, 4) is 17.2 Å². The van der Waals surface area contributed by atoms with Crippen LogP contribution in [0.2, 0.25) is 19.6 Å². The highest BCUT2D eigenvalue weighted by Gasteiger charge is 2.10. The summed E-state index contributed by atoms with van der Waals surface area (Å²) in [7, 11) is -1.52. The summed E-state index contributed by atoms with van der Waals surface area (Å²) in [4.78, 5) is 0. The highest BCUT2D eigenvalue weighted by molar-refractivity contribution is 6.83. The summed E-state index contributed by atoms with van der Waals surface area (Å²) in [6.07, 6.45) is 0. The zero-order valence-corrected chi connectivity index (χ0v) is 11.5. The van der Waals surface area contributed by atoms with Gasteiger partial charge in [0.15, 0.2) is 0 Å². The van der Waals surface area contributed by atoms with Gasteiger partial charge in [0.2, 0.25) is 0 Å². The van der Waals surface area contributed by atoms with Crippen molar-refractivity contribution in [2.75, 3.05) is 0 Å². The molecule has 0 aliphatic rings. The van der Waals surface area contributed by atoms with Gasteiger partial charge in [-0.15, -0.1) is 5.54 Å². The predicted octanol–water partition coefficient (Wildman–Crippen LogP) is 3.83. The van der Waals surface area contributed by atoms with Crippen LogP contribution in [0.4, 0.5) is 8.78 Å². The minimum absolute atomic E-state index is 0.149. The number of hydrogen-bond donors (Lipinski definition) is 0. The highest BCUT2D eigenvalue weighted by Crippen LogP contribution is 2.21. The van der Waals surface area contributed by atoms with Gasteiger partial charge in [-0.25, -0.2) is 0 Å². The summed E-state index contributed by atoms with van der Waals surface area (Å²) in [5, 5.41) is 0. The molecule has 0 radical (unpaired) electrons. The maximum absolute atomic E-state index is 12.2. The molecule has 0 heterocycles. The molecule has 0 saturated carbocycles. The molecule has 1 aromatic rings. The van der Waals surface area contributed by atoms with Crippen LogP contribution in [0, 0.1) is 18.4 Å². The van der Waals surface area contributed by atoms with Gasteiger partial charge in [-0.1, -0.05) is 31.6 Å². The van der Waals surface area contributed by atoms with Crippen molar-refractivity contribution in [1.82, 2.24) is 0 Å². The van der Waals surface area contributed by atoms with E-state index in [2.05, 4.69) is 35.8 Å². The van der Waals surface area contributed by atoms with E-state index in [4.69, 9.17) is 0 Å². The van der Waals surface area contributed by atoms with Gasteiger partial charge in [-0.2, -0.15) is 8.78 Å². The third-order valence-corrected chi connectivity index (χ3v) is 2.80. The van der Waals surface area contributed by atoms with Crippen LogP contribution in [0.25, 0.3) is 0 Å². The second-order valence-electron chi connectivity index (χ2n) is 4.88. The van der Waals surface area contributed by atoms with Crippen LogP contribution in [-0.4, -0.2) is 14.7 Å². The lowest BCUT2D eigenvalue weighted by molar-refractivity contribution is -0.0500. The third kappa shape index (κ3) is 5.01. The number of hydrogen-bond acceptors (Lipinski definition) is 1. The van der Waals surface area contributed by atoms with Crippen molar-refractivity contribution in [2.24, 2.45) is 0 Å². The molecule has 0 unspecified atom stereocenters. The molecule has 0 N–H and O–H groups in total. The third-order valence-electron chi connectivity index (χ3n) is 1.92. The zero-order valence-electron chi connectivity index (χ0n) is 10.5. The van der Waals surface area contributed by atoms with E-state index in [0.717, 1.165) is 5.56 Å². The minimum atomic E-state index is -2.81. The van der Waals surface area contributed by atoms with E-state index in [1.54, 1.807) is 12.1 Å². The largest absolute Gasteiger partial charge is 0.434 e. The summed E-state index contributed by atoms with van der Waals surface area (Å²) in [6, 6.07) is 5.04. The second kappa shape index (κ2) is 5.33. The number of benzene rings is 1. The fourth-order valence-electron chi connectivity index (χ4n) is 1.20. The van der Waals surface area contributed by atoms with Crippen LogP contribution in [0.15, 0.2) is 18.2 Å². The van der Waals surface area contributed by atoms with Gasteiger partial charge in [0.25, 0.3) is 0 Å². The van der Waals surface area contributed by atoms with Crippen LogP contribution in [-0.2, 0) is 0 Å². The number of halogens is 2. The molecule has 1 aromatic carbocycles. The first kappa shape index (κ1) is 13.7. The van der Waals surface area contributed by atoms with Gasteiger partial charge in [-0.3, -0.25) is 0 Å². The predicted molar refractivity (Wildman–Crippen MR) is 68.0 cm³/mol. The molecule has 0 bridgehead atoms. The molecule has 0 atom stereocenters. The van der Waals surface area contributed by atoms with Gasteiger partial charge < -0.3 is 4.74 Å². The number of ether oxygens (including phenoxy) is 1. The molecule has 0 saturated heterocycles. The quantitative estimate of drug-likeness (QED) is 0.576. The molecule has 4 heteroatoms. The minimum Gasteiger partial charge on any atom is -0.434 e. The molecule has 1 nitrogen and oxygen atoms in total. The normalized spacial score (nSPS) is 11.0. The molecule has 0 spiro atoms. The Morgan fingerprint density at radius 3 is 2.41 bits per heavy atom. The van der Waals surface area contributed by atoms with Gasteiger partial charge in [-0.05, 0) is 24.6 Å². The van der Waals surface area contributed by atoms with E-state index in [1.165, 1.54) is 6.07 Å². The molecule has 1 rings (SSSR count). The van der Waals surface area contributed by atoms with Crippen LogP contribution in [0.1, 0.15) is 11.1 Å². The number of aryl methyl sites for hydroxylation is 1. The Balaban J connectivity index is 3.10. The average Bonchev–Trinajstić information content (AvgIpc) is 2.16. The smallest absolute Gasteiger partial charge is 0.387 e. The van der Waals surface area contributed by atoms with E-state index in [0.29, 0.717) is 5.56 Å². The summed E-state index contributed by atoms with van der Waals surface area (Å²) in [6.45, 7) is 5.38. The molecule has 0 fully saturated rings. The summed E-state index contributed by atoms with van der Waals surface area (Å²) >= 11 is 0. The SMILES string of the molecule is Cc1ccc(OC(F)F)c(C#C[Si](C)(C)C)c1. The highest BCUT2D eigenvalue weighted by atomic mass is 28.3. The lowest BCUT2D eigenvalue weighted by Gasteiger charge is -2.08. The molecule has 0 amide bonds. The molecule has 0 aromatic heterocycles. The summed E-state index contributed by atoms with van der Waals surface area (Å²) in [5.74, 6) is 3.10. The van der Waals surface area contributed by atoms with E-state index < -0.39 is 14.7 Å². The van der Waals surface area contributed by atoms with Gasteiger partial charge in [0, 0.05) is 0 Å². The lowest BCUT2D eigenvalue weighted by atomic mass is 10.1. The van der Waals surface area contributed by atoms with E-state index in [-0.39, 0.29) is 5.75 Å². The van der Waals surface area contributed by atoms with E-state index in [9.17, 15) is 8.78 Å². The molecular weight excluding hydrogens is 238 g/mol. The van der Waals surface area contributed by atoms with Crippen molar-refractivity contribution in [3.05, 3.63) is 29.3 Å². The maximum atomic E-state index is 12.2. The lowest BCUT2D eigenvalue weighted by Crippen LogP contribution is -2.16. The Hall–Kier alpha value is -1.34. The molecule has 92 valence electrons. The second-order valence-corrected chi connectivity index (χ2v) is 9.63. The van der Waals surface area contributed by atoms with Crippen LogP contribution in [0.5, 0.6) is 5.75 Å². The first-order chi connectivity index (χ1) is 7.78. The monoisotopic (exact) mass is 254 g/mol. The summed E-state index contributed by atoms with van der Waals surface area (Å²) < 4.78 is 28.9. The van der Waals surface area contributed by atoms with E-state index in [1.807, 2.05) is 6.92 Å². The topological polar surface area (TPSA) is 9.23 Å². The Kier molecular flexibility index (Phi) is 4.30. The van der Waals surface area contributed by atoms with Crippen molar-refractivity contribution in [3.63, 3.8) is 0 Å².